The van der Waals surface area contributed by atoms with Crippen LogP contribution in [-0.4, -0.2) is 4.98 Å². The molecule has 1 aromatic heterocycles. The number of rotatable bonds is 7. The quantitative estimate of drug-likeness (QED) is 0.118. The van der Waals surface area contributed by atoms with Crippen LogP contribution in [0.25, 0.3) is 11.3 Å². The molecule has 7 rings (SSSR count). The van der Waals surface area contributed by atoms with Crippen LogP contribution in [0.2, 0.25) is 0 Å². The monoisotopic (exact) mass is 884 g/mol. The Morgan fingerprint density at radius 3 is 1.45 bits per heavy atom. The summed E-state index contributed by atoms with van der Waals surface area (Å²) in [6.45, 7) is 4.75. The third kappa shape index (κ3) is 18.2. The molecule has 6 aromatic carbocycles. The maximum atomic E-state index is 13.2. The fourth-order valence-corrected chi connectivity index (χ4v) is 6.18. The van der Waals surface area contributed by atoms with Crippen molar-refractivity contribution in [1.82, 2.24) is 4.98 Å². The molecule has 0 saturated heterocycles. The van der Waals surface area contributed by atoms with Crippen LogP contribution >= 0.6 is 17.2 Å². The summed E-state index contributed by atoms with van der Waals surface area (Å²) < 4.78 is 25.8. The van der Waals surface area contributed by atoms with Crippen molar-refractivity contribution in [2.75, 3.05) is 0 Å². The molecule has 0 spiro atoms. The van der Waals surface area contributed by atoms with Gasteiger partial charge in [-0.3, -0.25) is 8.78 Å². The predicted octanol–water partition coefficient (Wildman–Crippen LogP) is 10.4. The summed E-state index contributed by atoms with van der Waals surface area (Å²) >= 11 is 0. The summed E-state index contributed by atoms with van der Waals surface area (Å²) in [5.41, 5.74) is 3.30. The topological polar surface area (TPSA) is 36.7 Å². The van der Waals surface area contributed by atoms with Gasteiger partial charge in [-0.15, -0.1) is 12.1 Å². The second-order valence-electron chi connectivity index (χ2n) is 10.1. The van der Waals surface area contributed by atoms with E-state index in [1.807, 2.05) is 60.7 Å². The van der Waals surface area contributed by atoms with Gasteiger partial charge in [0.1, 0.15) is 0 Å². The summed E-state index contributed by atoms with van der Waals surface area (Å²) in [6, 6.07) is 66.1. The van der Waals surface area contributed by atoms with Crippen LogP contribution in [-0.2, 0) is 32.4 Å². The molecule has 2 nitrogen and oxygen atoms in total. The second kappa shape index (κ2) is 27.1. The molecule has 0 saturated carbocycles. The summed E-state index contributed by atoms with van der Waals surface area (Å²) in [6.07, 6.45) is 3.73. The van der Waals surface area contributed by atoms with E-state index in [2.05, 4.69) is 108 Å². The summed E-state index contributed by atoms with van der Waals surface area (Å²) in [4.78, 5) is 3.95. The van der Waals surface area contributed by atoms with Gasteiger partial charge in [0.15, 0.2) is 0 Å². The molecule has 0 aliphatic carbocycles. The van der Waals surface area contributed by atoms with Crippen molar-refractivity contribution in [3.8, 4) is 11.3 Å². The van der Waals surface area contributed by atoms with Crippen molar-refractivity contribution in [1.29, 1.82) is 5.26 Å². The van der Waals surface area contributed by atoms with Crippen LogP contribution in [0.3, 0.4) is 0 Å². The Morgan fingerprint density at radius 2 is 1.06 bits per heavy atom. The molecule has 1 heterocycles. The summed E-state index contributed by atoms with van der Waals surface area (Å²) in [7, 11) is 1.65. The predicted molar refractivity (Wildman–Crippen MR) is 205 cm³/mol. The molecule has 0 aliphatic heterocycles. The number of pyridine rings is 1. The number of aromatic nitrogens is 1. The van der Waals surface area contributed by atoms with Crippen molar-refractivity contribution in [3.05, 3.63) is 230 Å². The van der Waals surface area contributed by atoms with Gasteiger partial charge in [0.25, 0.3) is 0 Å². The minimum Gasteiger partial charge on any atom is -0.512 e. The molecule has 0 bridgehead atoms. The molecule has 2 atom stereocenters. The van der Waals surface area contributed by atoms with Crippen molar-refractivity contribution in [3.63, 3.8) is 0 Å². The van der Waals surface area contributed by atoms with Gasteiger partial charge < -0.3 is 16.8 Å². The van der Waals surface area contributed by atoms with Gasteiger partial charge in [0, 0.05) is 37.9 Å². The first-order valence-corrected chi connectivity index (χ1v) is 18.0. The van der Waals surface area contributed by atoms with Crippen molar-refractivity contribution in [2.45, 2.75) is 12.3 Å². The van der Waals surface area contributed by atoms with E-state index in [1.54, 1.807) is 24.4 Å². The van der Waals surface area contributed by atoms with Gasteiger partial charge in [-0.2, -0.15) is 108 Å². The Morgan fingerprint density at radius 1 is 0.588 bits per heavy atom. The first-order valence-electron chi connectivity index (χ1n) is 15.6. The molecule has 259 valence electrons. The largest absolute Gasteiger partial charge is 0.512 e. The zero-order chi connectivity index (χ0) is 35.5. The van der Waals surface area contributed by atoms with E-state index < -0.39 is 11.6 Å². The SMILES string of the molecule is Fc1c[c-]c(-c2ccccn2)c(F)c1.[C-]#N.[Ir].[c-]1c(CPc2ccccc2)cccc1CPc1ccccc1.[c-]1ccccc1.[c-]1ccccc1. The van der Waals surface area contributed by atoms with Gasteiger partial charge in [-0.25, -0.2) is 0 Å². The smallest absolute Gasteiger partial charge is 0.0408 e. The molecule has 0 aliphatic rings. The molecule has 0 amide bonds. The van der Waals surface area contributed by atoms with Crippen molar-refractivity contribution >= 4 is 27.8 Å². The number of hydrogen-bond donors (Lipinski definition) is 0. The Balaban J connectivity index is 0.000000263. The summed E-state index contributed by atoms with van der Waals surface area (Å²) in [5.74, 6) is -1.29. The van der Waals surface area contributed by atoms with Crippen LogP contribution in [0.5, 0.6) is 0 Å². The van der Waals surface area contributed by atoms with Gasteiger partial charge >= 0.3 is 0 Å². The molecular weight excluding hydrogens is 849 g/mol. The zero-order valence-corrected chi connectivity index (χ0v) is 32.0. The van der Waals surface area contributed by atoms with Gasteiger partial charge in [-0.05, 0) is 34.7 Å². The maximum Gasteiger partial charge on any atom is 0.0408 e. The fourth-order valence-electron chi connectivity index (χ4n) is 4.12. The van der Waals surface area contributed by atoms with E-state index in [1.165, 1.54) is 21.7 Å². The standard InChI is InChI=1S/C20H19P2.C11H6F2N.2C6H5.CN.Ir/c1-3-10-19(11-4-1)21-15-17-8-7-9-18(14-17)16-22-20-12-5-2-6-13-20;12-8-4-5-9(10(13)7-8)11-3-1-2-6-14-11;2*1-2-4-6-5-3-1;1-2;/h1-13,21-22H,15-16H2;1-4,6-7H;2*1-5H;;/q5*-1;. The van der Waals surface area contributed by atoms with Crippen LogP contribution in [0, 0.1) is 47.7 Å². The molecular formula is C44H35F2IrN2P2-5. The van der Waals surface area contributed by atoms with Gasteiger partial charge in [0.2, 0.25) is 0 Å². The fraction of sp³-hybridized carbons (Fsp3) is 0.0455. The first-order chi connectivity index (χ1) is 24.7. The van der Waals surface area contributed by atoms with Crippen LogP contribution in [0.15, 0.2) is 176 Å². The van der Waals surface area contributed by atoms with Gasteiger partial charge in [-0.1, -0.05) is 102 Å². The third-order valence-electron chi connectivity index (χ3n) is 6.42. The van der Waals surface area contributed by atoms with Crippen LogP contribution < -0.4 is 10.6 Å². The summed E-state index contributed by atoms with van der Waals surface area (Å²) in [5, 5.41) is 9.10. The second-order valence-corrected chi connectivity index (χ2v) is 12.6. The van der Waals surface area contributed by atoms with Crippen molar-refractivity contribution < 1.29 is 28.9 Å². The Labute approximate surface area is 318 Å². The van der Waals surface area contributed by atoms with Crippen LogP contribution in [0.4, 0.5) is 8.78 Å². The van der Waals surface area contributed by atoms with E-state index in [0.29, 0.717) is 5.69 Å². The van der Waals surface area contributed by atoms with E-state index in [-0.39, 0.29) is 25.7 Å². The number of benzene rings is 6. The Hall–Kier alpha value is -4.67. The molecule has 2 unspecified atom stereocenters. The average molecular weight is 884 g/mol. The number of nitrogens with zero attached hydrogens (tertiary/aromatic N) is 2. The average Bonchev–Trinajstić information content (AvgIpc) is 3.20. The zero-order valence-electron chi connectivity index (χ0n) is 27.6. The first kappa shape index (κ1) is 42.5. The van der Waals surface area contributed by atoms with E-state index in [9.17, 15) is 8.78 Å². The van der Waals surface area contributed by atoms with E-state index >= 15 is 0 Å². The van der Waals surface area contributed by atoms with Crippen LogP contribution in [0.1, 0.15) is 11.1 Å². The molecule has 0 fully saturated rings. The molecule has 0 N–H and O–H groups in total. The van der Waals surface area contributed by atoms with E-state index in [0.717, 1.165) is 41.6 Å². The van der Waals surface area contributed by atoms with E-state index in [4.69, 9.17) is 11.8 Å². The molecule has 7 aromatic rings. The number of hydrogen-bond acceptors (Lipinski definition) is 2. The minimum atomic E-state index is -0.649. The number of halogens is 2. The Bertz CT molecular complexity index is 1740. The molecule has 51 heavy (non-hydrogen) atoms. The molecule has 1 radical (unpaired) electrons. The Kier molecular flexibility index (Phi) is 22.6. The molecule has 7 heteroatoms. The van der Waals surface area contributed by atoms with Crippen molar-refractivity contribution in [2.24, 2.45) is 0 Å². The normalized spacial score (nSPS) is 9.73. The minimum absolute atomic E-state index is 0. The third-order valence-corrected chi connectivity index (χ3v) is 9.02. The maximum absolute atomic E-state index is 13.2. The van der Waals surface area contributed by atoms with Gasteiger partial charge in [0.05, 0.1) is 0 Å².